The fourth-order valence-corrected chi connectivity index (χ4v) is 1.70. The van der Waals surface area contributed by atoms with Crippen molar-refractivity contribution in [3.63, 3.8) is 0 Å². The topological polar surface area (TPSA) is 89.3 Å². The van der Waals surface area contributed by atoms with Crippen LogP contribution < -0.4 is 11.5 Å². The van der Waals surface area contributed by atoms with Gasteiger partial charge in [-0.2, -0.15) is 0 Å². The summed E-state index contributed by atoms with van der Waals surface area (Å²) in [6, 6.07) is 12.1. The highest BCUT2D eigenvalue weighted by Crippen LogP contribution is 2.17. The lowest BCUT2D eigenvalue weighted by Gasteiger charge is -2.02. The minimum Gasteiger partial charge on any atom is -0.478 e. The SMILES string of the molecule is Nc1ccc(C=Cc2ccc(N)cc2C(=O)O)cc1. The number of carboxylic acids is 1. The third-order valence-corrected chi connectivity index (χ3v) is 2.70. The van der Waals surface area contributed by atoms with Crippen molar-refractivity contribution in [3.8, 4) is 0 Å². The van der Waals surface area contributed by atoms with Crippen LogP contribution in [-0.2, 0) is 0 Å². The smallest absolute Gasteiger partial charge is 0.336 e. The number of aromatic carboxylic acids is 1. The molecule has 2 aromatic rings. The minimum atomic E-state index is -0.996. The predicted octanol–water partition coefficient (Wildman–Crippen LogP) is 2.72. The maximum atomic E-state index is 11.1. The van der Waals surface area contributed by atoms with Crippen LogP contribution in [0.2, 0.25) is 0 Å². The predicted molar refractivity (Wildman–Crippen MR) is 77.6 cm³/mol. The van der Waals surface area contributed by atoms with Crippen LogP contribution in [-0.4, -0.2) is 11.1 Å². The minimum absolute atomic E-state index is 0.187. The first kappa shape index (κ1) is 12.7. The summed E-state index contributed by atoms with van der Waals surface area (Å²) in [5.41, 5.74) is 14.1. The van der Waals surface area contributed by atoms with Crippen molar-refractivity contribution < 1.29 is 9.90 Å². The summed E-state index contributed by atoms with van der Waals surface area (Å²) in [5, 5.41) is 9.12. The third-order valence-electron chi connectivity index (χ3n) is 2.70. The number of nitrogens with two attached hydrogens (primary N) is 2. The van der Waals surface area contributed by atoms with Gasteiger partial charge in [0, 0.05) is 11.4 Å². The molecule has 0 aliphatic carbocycles. The molecule has 0 aliphatic heterocycles. The van der Waals surface area contributed by atoms with E-state index >= 15 is 0 Å². The van der Waals surface area contributed by atoms with Crippen molar-refractivity contribution in [2.75, 3.05) is 11.5 Å². The molecular weight excluding hydrogens is 240 g/mol. The van der Waals surface area contributed by atoms with E-state index < -0.39 is 5.97 Å². The molecule has 0 radical (unpaired) electrons. The van der Waals surface area contributed by atoms with Crippen molar-refractivity contribution in [3.05, 3.63) is 59.2 Å². The van der Waals surface area contributed by atoms with Gasteiger partial charge in [0.05, 0.1) is 5.56 Å². The maximum absolute atomic E-state index is 11.1. The first-order valence-electron chi connectivity index (χ1n) is 5.73. The molecule has 0 bridgehead atoms. The first-order chi connectivity index (χ1) is 9.06. The Morgan fingerprint density at radius 3 is 2.21 bits per heavy atom. The summed E-state index contributed by atoms with van der Waals surface area (Å²) in [7, 11) is 0. The van der Waals surface area contributed by atoms with E-state index in [1.165, 1.54) is 6.07 Å². The van der Waals surface area contributed by atoms with Gasteiger partial charge >= 0.3 is 5.97 Å². The van der Waals surface area contributed by atoms with E-state index in [9.17, 15) is 4.79 Å². The monoisotopic (exact) mass is 254 g/mol. The molecule has 0 amide bonds. The lowest BCUT2D eigenvalue weighted by molar-refractivity contribution is 0.0696. The zero-order valence-corrected chi connectivity index (χ0v) is 10.2. The summed E-state index contributed by atoms with van der Waals surface area (Å²) in [5.74, 6) is -0.996. The van der Waals surface area contributed by atoms with E-state index in [1.54, 1.807) is 30.3 Å². The fraction of sp³-hybridized carbons (Fsp3) is 0. The molecule has 4 heteroatoms. The zero-order chi connectivity index (χ0) is 13.8. The van der Waals surface area contributed by atoms with Crippen LogP contribution in [0.3, 0.4) is 0 Å². The Kier molecular flexibility index (Phi) is 3.52. The van der Waals surface area contributed by atoms with Gasteiger partial charge in [-0.1, -0.05) is 30.4 Å². The van der Waals surface area contributed by atoms with E-state index in [4.69, 9.17) is 16.6 Å². The Hall–Kier alpha value is -2.75. The lowest BCUT2D eigenvalue weighted by atomic mass is 10.0. The standard InChI is InChI=1S/C15H14N2O2/c16-12-6-2-10(3-7-12)1-4-11-5-8-13(17)9-14(11)15(18)19/h1-9H,16-17H2,(H,18,19). The molecule has 2 aromatic carbocycles. The quantitative estimate of drug-likeness (QED) is 0.580. The molecule has 4 nitrogen and oxygen atoms in total. The van der Waals surface area contributed by atoms with E-state index in [1.807, 2.05) is 18.2 Å². The first-order valence-corrected chi connectivity index (χ1v) is 5.73. The zero-order valence-electron chi connectivity index (χ0n) is 10.2. The van der Waals surface area contributed by atoms with Crippen molar-refractivity contribution >= 4 is 29.5 Å². The number of hydrogen-bond donors (Lipinski definition) is 3. The van der Waals surface area contributed by atoms with Gasteiger partial charge in [0.1, 0.15) is 0 Å². The number of rotatable bonds is 3. The van der Waals surface area contributed by atoms with Gasteiger partial charge < -0.3 is 16.6 Å². The second-order valence-electron chi connectivity index (χ2n) is 4.15. The average Bonchev–Trinajstić information content (AvgIpc) is 2.39. The number of hydrogen-bond acceptors (Lipinski definition) is 3. The van der Waals surface area contributed by atoms with E-state index in [2.05, 4.69) is 0 Å². The van der Waals surface area contributed by atoms with Gasteiger partial charge in [0.15, 0.2) is 0 Å². The molecule has 0 aliphatic rings. The molecule has 0 fully saturated rings. The fourth-order valence-electron chi connectivity index (χ4n) is 1.70. The van der Waals surface area contributed by atoms with Crippen LogP contribution in [0.1, 0.15) is 21.5 Å². The Balaban J connectivity index is 2.32. The summed E-state index contributed by atoms with van der Waals surface area (Å²) in [6.07, 6.45) is 3.58. The van der Waals surface area contributed by atoms with Gasteiger partial charge in [-0.05, 0) is 35.4 Å². The number of benzene rings is 2. The number of nitrogen functional groups attached to an aromatic ring is 2. The van der Waals surface area contributed by atoms with Crippen LogP contribution in [0.15, 0.2) is 42.5 Å². The molecule has 19 heavy (non-hydrogen) atoms. The van der Waals surface area contributed by atoms with Gasteiger partial charge in [-0.3, -0.25) is 0 Å². The molecule has 5 N–H and O–H groups in total. The number of carbonyl (C=O) groups is 1. The van der Waals surface area contributed by atoms with Crippen LogP contribution >= 0.6 is 0 Å². The Morgan fingerprint density at radius 1 is 0.947 bits per heavy atom. The highest BCUT2D eigenvalue weighted by atomic mass is 16.4. The highest BCUT2D eigenvalue weighted by Gasteiger charge is 2.07. The van der Waals surface area contributed by atoms with E-state index in [-0.39, 0.29) is 5.56 Å². The lowest BCUT2D eigenvalue weighted by Crippen LogP contribution is -2.00. The van der Waals surface area contributed by atoms with Crippen LogP contribution in [0.4, 0.5) is 11.4 Å². The van der Waals surface area contributed by atoms with E-state index in [0.717, 1.165) is 5.56 Å². The third kappa shape index (κ3) is 3.13. The Morgan fingerprint density at radius 2 is 1.58 bits per heavy atom. The van der Waals surface area contributed by atoms with Crippen molar-refractivity contribution in [2.45, 2.75) is 0 Å². The van der Waals surface area contributed by atoms with Gasteiger partial charge in [-0.25, -0.2) is 4.79 Å². The molecule has 96 valence electrons. The summed E-state index contributed by atoms with van der Waals surface area (Å²) in [6.45, 7) is 0. The average molecular weight is 254 g/mol. The molecule has 0 atom stereocenters. The van der Waals surface area contributed by atoms with Gasteiger partial charge in [-0.15, -0.1) is 0 Å². The van der Waals surface area contributed by atoms with Crippen molar-refractivity contribution in [2.24, 2.45) is 0 Å². The molecule has 0 spiro atoms. The molecule has 0 unspecified atom stereocenters. The van der Waals surface area contributed by atoms with Crippen LogP contribution in [0, 0.1) is 0 Å². The van der Waals surface area contributed by atoms with Crippen LogP contribution in [0.5, 0.6) is 0 Å². The summed E-state index contributed by atoms with van der Waals surface area (Å²) in [4.78, 5) is 11.1. The summed E-state index contributed by atoms with van der Waals surface area (Å²) < 4.78 is 0. The number of anilines is 2. The van der Waals surface area contributed by atoms with Crippen LogP contribution in [0.25, 0.3) is 12.2 Å². The summed E-state index contributed by atoms with van der Waals surface area (Å²) >= 11 is 0. The molecule has 2 rings (SSSR count). The van der Waals surface area contributed by atoms with Gasteiger partial charge in [0.25, 0.3) is 0 Å². The van der Waals surface area contributed by atoms with Gasteiger partial charge in [0.2, 0.25) is 0 Å². The van der Waals surface area contributed by atoms with E-state index in [0.29, 0.717) is 16.9 Å². The largest absolute Gasteiger partial charge is 0.478 e. The highest BCUT2D eigenvalue weighted by molar-refractivity contribution is 5.94. The number of carboxylic acid groups (broad SMARTS) is 1. The molecule has 0 heterocycles. The second-order valence-corrected chi connectivity index (χ2v) is 4.15. The molecular formula is C15H14N2O2. The maximum Gasteiger partial charge on any atom is 0.336 e. The molecule has 0 saturated heterocycles. The van der Waals surface area contributed by atoms with Crippen molar-refractivity contribution in [1.29, 1.82) is 0 Å². The Bertz CT molecular complexity index is 631. The molecule has 0 saturated carbocycles. The molecule has 0 aromatic heterocycles. The normalized spacial score (nSPS) is 10.7. The van der Waals surface area contributed by atoms with Crippen molar-refractivity contribution in [1.82, 2.24) is 0 Å². The second kappa shape index (κ2) is 5.27. The Labute approximate surface area is 111 Å².